The van der Waals surface area contributed by atoms with Crippen LogP contribution in [0, 0.1) is 0 Å². The van der Waals surface area contributed by atoms with Gasteiger partial charge in [-0.3, -0.25) is 9.13 Å². The van der Waals surface area contributed by atoms with Crippen LogP contribution >= 0.6 is 0 Å². The first kappa shape index (κ1) is 27.8. The minimum Gasteiger partial charge on any atom is -0.293 e. The third kappa shape index (κ3) is 3.38. The van der Waals surface area contributed by atoms with Crippen molar-refractivity contribution >= 4 is 43.6 Å². The van der Waals surface area contributed by atoms with Gasteiger partial charge in [-0.2, -0.15) is 0 Å². The van der Waals surface area contributed by atoms with Crippen LogP contribution in [0.15, 0.2) is 122 Å². The summed E-state index contributed by atoms with van der Waals surface area (Å²) in [7, 11) is 0. The largest absolute Gasteiger partial charge is 0.293 e. The fourth-order valence-corrected chi connectivity index (χ4v) is 8.95. The minimum atomic E-state index is -0.149. The molecule has 0 atom stereocenters. The predicted molar refractivity (Wildman–Crippen MR) is 201 cm³/mol. The van der Waals surface area contributed by atoms with Crippen molar-refractivity contribution in [1.82, 2.24) is 29.1 Å². The van der Waals surface area contributed by atoms with Crippen LogP contribution in [-0.4, -0.2) is 29.1 Å². The molecule has 5 aromatic heterocycles. The molecule has 0 saturated heterocycles. The summed E-state index contributed by atoms with van der Waals surface area (Å²) in [5, 5.41) is 4.85. The smallest absolute Gasteiger partial charge is 0.159 e. The number of para-hydroxylation sites is 2. The molecule has 6 nitrogen and oxygen atoms in total. The van der Waals surface area contributed by atoms with Gasteiger partial charge >= 0.3 is 0 Å². The van der Waals surface area contributed by atoms with E-state index in [9.17, 15) is 0 Å². The Balaban J connectivity index is 1.03. The molecule has 238 valence electrons. The molecule has 0 aliphatic carbocycles. The van der Waals surface area contributed by atoms with Gasteiger partial charge in [0.25, 0.3) is 0 Å². The Morgan fingerprint density at radius 2 is 0.920 bits per heavy atom. The lowest BCUT2D eigenvalue weighted by molar-refractivity contribution is 0.624. The van der Waals surface area contributed by atoms with E-state index in [2.05, 4.69) is 122 Å². The number of aromatic nitrogens is 6. The number of hydrogen-bond donors (Lipinski definition) is 0. The number of pyridine rings is 2. The average molecular weight is 645 g/mol. The van der Waals surface area contributed by atoms with Crippen LogP contribution in [0.2, 0.25) is 0 Å². The minimum absolute atomic E-state index is 0.144. The maximum atomic E-state index is 4.92. The van der Waals surface area contributed by atoms with E-state index in [0.29, 0.717) is 5.82 Å². The fourth-order valence-electron chi connectivity index (χ4n) is 8.95. The number of benzene rings is 4. The van der Waals surface area contributed by atoms with Gasteiger partial charge < -0.3 is 0 Å². The number of nitrogens with zero attached hydrogens (tertiary/aromatic N) is 6. The molecule has 0 saturated carbocycles. The Hall–Kier alpha value is -6.14. The molecule has 50 heavy (non-hydrogen) atoms. The van der Waals surface area contributed by atoms with Crippen molar-refractivity contribution in [3.05, 3.63) is 144 Å². The van der Waals surface area contributed by atoms with Crippen molar-refractivity contribution in [2.75, 3.05) is 0 Å². The van der Waals surface area contributed by atoms with Gasteiger partial charge in [-0.25, -0.2) is 19.9 Å². The lowest BCUT2D eigenvalue weighted by atomic mass is 9.76. The second-order valence-corrected chi connectivity index (χ2v) is 14.8. The zero-order valence-electron chi connectivity index (χ0n) is 28.2. The van der Waals surface area contributed by atoms with Gasteiger partial charge in [0.05, 0.1) is 22.1 Å². The SMILES string of the molecule is CC1(C)c2cccnc2-n2c3ccc(-c4cnc(-c5ccc6c(c5)c5cccc7c5n6-c5ncccc5C7(C)C)nc4)cc3c3cccc1c32. The van der Waals surface area contributed by atoms with E-state index in [1.54, 1.807) is 0 Å². The van der Waals surface area contributed by atoms with E-state index in [1.807, 2.05) is 36.9 Å². The van der Waals surface area contributed by atoms with Crippen LogP contribution in [0.1, 0.15) is 49.9 Å². The number of hydrogen-bond acceptors (Lipinski definition) is 4. The average Bonchev–Trinajstić information content (AvgIpc) is 3.66. The highest BCUT2D eigenvalue weighted by atomic mass is 15.1. The van der Waals surface area contributed by atoms with Gasteiger partial charge in [0.1, 0.15) is 11.6 Å². The van der Waals surface area contributed by atoms with Crippen molar-refractivity contribution in [2.45, 2.75) is 38.5 Å². The maximum Gasteiger partial charge on any atom is 0.159 e. The van der Waals surface area contributed by atoms with Gasteiger partial charge in [-0.15, -0.1) is 0 Å². The van der Waals surface area contributed by atoms with E-state index >= 15 is 0 Å². The summed E-state index contributed by atoms with van der Waals surface area (Å²) in [6.07, 6.45) is 7.70. The van der Waals surface area contributed by atoms with Crippen LogP contribution in [0.5, 0.6) is 0 Å². The highest BCUT2D eigenvalue weighted by molar-refractivity contribution is 6.13. The molecule has 6 heteroatoms. The number of fused-ring (bicyclic) bond motifs is 10. The van der Waals surface area contributed by atoms with Crippen LogP contribution in [0.4, 0.5) is 0 Å². The van der Waals surface area contributed by atoms with Crippen molar-refractivity contribution < 1.29 is 0 Å². The van der Waals surface area contributed by atoms with E-state index in [-0.39, 0.29) is 10.8 Å². The van der Waals surface area contributed by atoms with E-state index in [4.69, 9.17) is 19.9 Å². The fraction of sp³-hybridized carbons (Fsp3) is 0.136. The quantitative estimate of drug-likeness (QED) is 0.188. The van der Waals surface area contributed by atoms with Crippen molar-refractivity contribution in [1.29, 1.82) is 0 Å². The van der Waals surface area contributed by atoms with Crippen LogP contribution < -0.4 is 0 Å². The van der Waals surface area contributed by atoms with Gasteiger partial charge in [-0.1, -0.05) is 82.3 Å². The first-order valence-electron chi connectivity index (χ1n) is 17.2. The molecule has 0 bridgehead atoms. The van der Waals surface area contributed by atoms with Gasteiger partial charge in [0.15, 0.2) is 5.82 Å². The molecule has 2 aliphatic heterocycles. The molecule has 0 unspecified atom stereocenters. The third-order valence-corrected chi connectivity index (χ3v) is 11.5. The van der Waals surface area contributed by atoms with Crippen molar-refractivity contribution in [2.24, 2.45) is 0 Å². The van der Waals surface area contributed by atoms with Crippen molar-refractivity contribution in [3.63, 3.8) is 0 Å². The first-order chi connectivity index (χ1) is 24.3. The molecule has 0 amide bonds. The van der Waals surface area contributed by atoms with Crippen LogP contribution in [0.25, 0.3) is 77.8 Å². The summed E-state index contributed by atoms with van der Waals surface area (Å²) in [6, 6.07) is 35.1. The maximum absolute atomic E-state index is 4.92. The van der Waals surface area contributed by atoms with E-state index in [0.717, 1.165) is 39.4 Å². The molecule has 0 radical (unpaired) electrons. The lowest BCUT2D eigenvalue weighted by Gasteiger charge is -2.33. The second-order valence-electron chi connectivity index (χ2n) is 14.8. The summed E-state index contributed by atoms with van der Waals surface area (Å²) in [5.74, 6) is 2.73. The van der Waals surface area contributed by atoms with Crippen molar-refractivity contribution in [3.8, 4) is 34.2 Å². The topological polar surface area (TPSA) is 61.4 Å². The zero-order valence-corrected chi connectivity index (χ0v) is 28.2. The van der Waals surface area contributed by atoms with E-state index in [1.165, 1.54) is 54.8 Å². The Kier molecular flexibility index (Phi) is 5.17. The van der Waals surface area contributed by atoms with Crippen LogP contribution in [0.3, 0.4) is 0 Å². The Bertz CT molecular complexity index is 2720. The summed E-state index contributed by atoms with van der Waals surface area (Å²) < 4.78 is 4.68. The second kappa shape index (κ2) is 9.30. The first-order valence-corrected chi connectivity index (χ1v) is 17.2. The van der Waals surface area contributed by atoms with Gasteiger partial charge in [-0.05, 0) is 59.2 Å². The zero-order chi connectivity index (χ0) is 33.5. The Labute approximate surface area is 288 Å². The molecule has 11 rings (SSSR count). The van der Waals surface area contributed by atoms with Gasteiger partial charge in [0, 0.05) is 79.4 Å². The Morgan fingerprint density at radius 1 is 0.440 bits per heavy atom. The van der Waals surface area contributed by atoms with Crippen LogP contribution in [-0.2, 0) is 10.8 Å². The van der Waals surface area contributed by atoms with E-state index < -0.39 is 0 Å². The Morgan fingerprint density at radius 3 is 1.46 bits per heavy atom. The molecule has 0 spiro atoms. The molecule has 2 aliphatic rings. The number of rotatable bonds is 2. The molecule has 0 fully saturated rings. The summed E-state index contributed by atoms with van der Waals surface area (Å²) >= 11 is 0. The molecule has 4 aromatic carbocycles. The molecular formula is C44H32N6. The molecule has 0 N–H and O–H groups in total. The molecule has 9 aromatic rings. The highest BCUT2D eigenvalue weighted by Gasteiger charge is 2.37. The predicted octanol–water partition coefficient (Wildman–Crippen LogP) is 10.1. The standard InChI is InChI=1S/C44H32N6/c1-43(2)32-11-5-9-28-30-21-25(15-17-36(30)49(38(28)32)41-34(43)13-7-19-45-41)27-23-47-40(48-24-27)26-16-18-37-31(22-26)29-10-6-12-33-39(29)50(37)42-35(44(33,3)4)14-8-20-46-42/h5-24H,1-4H3. The summed E-state index contributed by atoms with van der Waals surface area (Å²) in [5.41, 5.74) is 12.7. The summed E-state index contributed by atoms with van der Waals surface area (Å²) in [4.78, 5) is 19.6. The lowest BCUT2D eigenvalue weighted by Crippen LogP contribution is -2.26. The molecule has 7 heterocycles. The normalized spacial score (nSPS) is 15.1. The monoisotopic (exact) mass is 644 g/mol. The summed E-state index contributed by atoms with van der Waals surface area (Å²) in [6.45, 7) is 9.19. The third-order valence-electron chi connectivity index (χ3n) is 11.5. The van der Waals surface area contributed by atoms with Gasteiger partial charge in [0.2, 0.25) is 0 Å². The molecular weight excluding hydrogens is 613 g/mol. The highest BCUT2D eigenvalue weighted by Crippen LogP contribution is 2.48.